The van der Waals surface area contributed by atoms with Gasteiger partial charge in [0.1, 0.15) is 16.7 Å². The van der Waals surface area contributed by atoms with E-state index >= 15 is 0 Å². The first-order chi connectivity index (χ1) is 9.10. The number of nitrogen functional groups attached to an aromatic ring is 1. The molecule has 0 aliphatic carbocycles. The van der Waals surface area contributed by atoms with Crippen molar-refractivity contribution in [1.82, 2.24) is 9.97 Å². The Kier molecular flexibility index (Phi) is 4.08. The van der Waals surface area contributed by atoms with Crippen molar-refractivity contribution < 1.29 is 8.78 Å². The summed E-state index contributed by atoms with van der Waals surface area (Å²) in [6.07, 6.45) is 1.35. The molecule has 0 saturated carbocycles. The zero-order valence-electron chi connectivity index (χ0n) is 9.62. The fraction of sp³-hybridized carbons (Fsp3) is 0.0909. The molecule has 1 aromatic carbocycles. The molecule has 0 unspecified atom stereocenters. The number of hydrogen-bond acceptors (Lipinski definition) is 5. The number of rotatable bonds is 4. The van der Waals surface area contributed by atoms with Crippen molar-refractivity contribution in [2.45, 2.75) is 6.54 Å². The SMILES string of the molecule is NNc1ncc(Cl)c(NCc2ccc(F)cc2F)n1. The van der Waals surface area contributed by atoms with Crippen LogP contribution in [0.1, 0.15) is 5.56 Å². The second-order valence-electron chi connectivity index (χ2n) is 3.62. The van der Waals surface area contributed by atoms with Gasteiger partial charge in [-0.25, -0.2) is 19.6 Å². The van der Waals surface area contributed by atoms with Crippen LogP contribution in [0.2, 0.25) is 5.02 Å². The fourth-order valence-electron chi connectivity index (χ4n) is 1.40. The zero-order chi connectivity index (χ0) is 13.8. The summed E-state index contributed by atoms with van der Waals surface area (Å²) in [6, 6.07) is 3.33. The highest BCUT2D eigenvalue weighted by molar-refractivity contribution is 6.32. The van der Waals surface area contributed by atoms with E-state index in [1.165, 1.54) is 18.3 Å². The number of nitrogens with two attached hydrogens (primary N) is 1. The topological polar surface area (TPSA) is 75.9 Å². The van der Waals surface area contributed by atoms with Crippen molar-refractivity contribution in [3.05, 3.63) is 46.6 Å². The van der Waals surface area contributed by atoms with Crippen molar-refractivity contribution in [2.24, 2.45) is 5.84 Å². The molecule has 2 rings (SSSR count). The van der Waals surface area contributed by atoms with Crippen LogP contribution in [-0.2, 0) is 6.54 Å². The third-order valence-electron chi connectivity index (χ3n) is 2.33. The minimum absolute atomic E-state index is 0.104. The van der Waals surface area contributed by atoms with Crippen LogP contribution in [0, 0.1) is 11.6 Å². The van der Waals surface area contributed by atoms with Gasteiger partial charge in [0.15, 0.2) is 5.82 Å². The monoisotopic (exact) mass is 285 g/mol. The summed E-state index contributed by atoms with van der Waals surface area (Å²) in [6.45, 7) is 0.104. The Morgan fingerprint density at radius 1 is 1.32 bits per heavy atom. The molecule has 5 nitrogen and oxygen atoms in total. The highest BCUT2D eigenvalue weighted by Crippen LogP contribution is 2.20. The third kappa shape index (κ3) is 3.27. The summed E-state index contributed by atoms with van der Waals surface area (Å²) in [4.78, 5) is 7.76. The molecule has 0 saturated heterocycles. The molecule has 8 heteroatoms. The highest BCUT2D eigenvalue weighted by Gasteiger charge is 2.07. The summed E-state index contributed by atoms with van der Waals surface area (Å²) in [7, 11) is 0. The first kappa shape index (κ1) is 13.4. The van der Waals surface area contributed by atoms with Crippen LogP contribution in [0.25, 0.3) is 0 Å². The van der Waals surface area contributed by atoms with Crippen molar-refractivity contribution in [1.29, 1.82) is 0 Å². The fourth-order valence-corrected chi connectivity index (χ4v) is 1.56. The molecular formula is C11H10ClF2N5. The van der Waals surface area contributed by atoms with E-state index in [1.54, 1.807) is 0 Å². The van der Waals surface area contributed by atoms with E-state index in [9.17, 15) is 8.78 Å². The number of hydrogen-bond donors (Lipinski definition) is 3. The van der Waals surface area contributed by atoms with Gasteiger partial charge in [0.2, 0.25) is 5.95 Å². The standard InChI is InChI=1S/C11H10ClF2N5/c12-8-5-17-11(19-15)18-10(8)16-4-6-1-2-7(13)3-9(6)14/h1-3,5H,4,15H2,(H2,16,17,18,19). The van der Waals surface area contributed by atoms with Crippen LogP contribution < -0.4 is 16.6 Å². The van der Waals surface area contributed by atoms with Crippen LogP contribution in [0.3, 0.4) is 0 Å². The Bertz CT molecular complexity index is 593. The smallest absolute Gasteiger partial charge is 0.239 e. The van der Waals surface area contributed by atoms with E-state index in [0.717, 1.165) is 6.07 Å². The Labute approximate surface area is 112 Å². The van der Waals surface area contributed by atoms with Gasteiger partial charge < -0.3 is 5.32 Å². The van der Waals surface area contributed by atoms with Crippen LogP contribution in [0.5, 0.6) is 0 Å². The van der Waals surface area contributed by atoms with E-state index in [-0.39, 0.29) is 17.5 Å². The largest absolute Gasteiger partial charge is 0.364 e. The van der Waals surface area contributed by atoms with Crippen molar-refractivity contribution in [3.8, 4) is 0 Å². The average molecular weight is 286 g/mol. The zero-order valence-corrected chi connectivity index (χ0v) is 10.4. The number of hydrazine groups is 1. The summed E-state index contributed by atoms with van der Waals surface area (Å²) in [5.41, 5.74) is 2.56. The lowest BCUT2D eigenvalue weighted by atomic mass is 10.2. The number of nitrogens with one attached hydrogen (secondary N) is 2. The molecule has 4 N–H and O–H groups in total. The Morgan fingerprint density at radius 2 is 2.11 bits per heavy atom. The maximum absolute atomic E-state index is 13.4. The molecular weight excluding hydrogens is 276 g/mol. The Balaban J connectivity index is 2.14. The van der Waals surface area contributed by atoms with Crippen LogP contribution in [-0.4, -0.2) is 9.97 Å². The number of aromatic nitrogens is 2. The average Bonchev–Trinajstić information content (AvgIpc) is 2.39. The number of benzene rings is 1. The third-order valence-corrected chi connectivity index (χ3v) is 2.61. The number of halogens is 3. The second-order valence-corrected chi connectivity index (χ2v) is 4.03. The maximum atomic E-state index is 13.4. The van der Waals surface area contributed by atoms with Crippen molar-refractivity contribution in [3.63, 3.8) is 0 Å². The van der Waals surface area contributed by atoms with E-state index < -0.39 is 11.6 Å². The molecule has 19 heavy (non-hydrogen) atoms. The van der Waals surface area contributed by atoms with Gasteiger partial charge in [-0.1, -0.05) is 17.7 Å². The van der Waals surface area contributed by atoms with Gasteiger partial charge in [-0.2, -0.15) is 4.98 Å². The van der Waals surface area contributed by atoms with Gasteiger partial charge in [-0.3, -0.25) is 5.43 Å². The maximum Gasteiger partial charge on any atom is 0.239 e. The van der Waals surface area contributed by atoms with Gasteiger partial charge in [0, 0.05) is 18.2 Å². The molecule has 0 aliphatic rings. The number of nitrogens with zero attached hydrogens (tertiary/aromatic N) is 2. The molecule has 0 radical (unpaired) electrons. The molecule has 0 spiro atoms. The van der Waals surface area contributed by atoms with E-state index in [1.807, 2.05) is 0 Å². The van der Waals surface area contributed by atoms with Crippen LogP contribution in [0.15, 0.2) is 24.4 Å². The summed E-state index contributed by atoms with van der Waals surface area (Å²) in [5.74, 6) is 4.37. The van der Waals surface area contributed by atoms with E-state index in [4.69, 9.17) is 17.4 Å². The minimum Gasteiger partial charge on any atom is -0.364 e. The quantitative estimate of drug-likeness (QED) is 0.594. The molecule has 1 aromatic heterocycles. The molecule has 0 atom stereocenters. The Hall–Kier alpha value is -1.99. The van der Waals surface area contributed by atoms with Gasteiger partial charge in [0.25, 0.3) is 0 Å². The minimum atomic E-state index is -0.644. The van der Waals surface area contributed by atoms with Crippen LogP contribution >= 0.6 is 11.6 Å². The summed E-state index contributed by atoms with van der Waals surface area (Å²) < 4.78 is 26.2. The summed E-state index contributed by atoms with van der Waals surface area (Å²) in [5, 5.41) is 3.09. The van der Waals surface area contributed by atoms with Crippen LogP contribution in [0.4, 0.5) is 20.5 Å². The van der Waals surface area contributed by atoms with Crippen molar-refractivity contribution >= 4 is 23.4 Å². The molecule has 1 heterocycles. The molecule has 0 fully saturated rings. The van der Waals surface area contributed by atoms with Gasteiger partial charge in [-0.05, 0) is 6.07 Å². The van der Waals surface area contributed by atoms with E-state index in [2.05, 4.69) is 20.7 Å². The Morgan fingerprint density at radius 3 is 2.79 bits per heavy atom. The van der Waals surface area contributed by atoms with Gasteiger partial charge >= 0.3 is 0 Å². The van der Waals surface area contributed by atoms with Crippen molar-refractivity contribution in [2.75, 3.05) is 10.7 Å². The highest BCUT2D eigenvalue weighted by atomic mass is 35.5. The lowest BCUT2D eigenvalue weighted by molar-refractivity contribution is 0.574. The molecule has 0 aliphatic heterocycles. The number of anilines is 2. The van der Waals surface area contributed by atoms with Gasteiger partial charge in [0.05, 0.1) is 6.20 Å². The van der Waals surface area contributed by atoms with E-state index in [0.29, 0.717) is 11.4 Å². The lowest BCUT2D eigenvalue weighted by Gasteiger charge is -2.09. The first-order valence-electron chi connectivity index (χ1n) is 5.27. The molecule has 100 valence electrons. The molecule has 0 amide bonds. The second kappa shape index (κ2) is 5.77. The predicted octanol–water partition coefficient (Wildman–Crippen LogP) is 2.31. The summed E-state index contributed by atoms with van der Waals surface area (Å²) >= 11 is 5.87. The van der Waals surface area contributed by atoms with Gasteiger partial charge in [-0.15, -0.1) is 0 Å². The first-order valence-corrected chi connectivity index (χ1v) is 5.65. The molecule has 0 bridgehead atoms. The normalized spacial score (nSPS) is 10.3. The molecule has 2 aromatic rings. The lowest BCUT2D eigenvalue weighted by Crippen LogP contribution is -2.12. The predicted molar refractivity (Wildman–Crippen MR) is 68.5 cm³/mol.